The van der Waals surface area contributed by atoms with E-state index in [2.05, 4.69) is 0 Å². The smallest absolute Gasteiger partial charge is 0.258 e. The number of carbonyl (C=O) groups excluding carboxylic acids is 4. The van der Waals surface area contributed by atoms with E-state index in [1.165, 1.54) is 30.6 Å². The van der Waals surface area contributed by atoms with Gasteiger partial charge in [0.2, 0.25) is 17.6 Å². The molecule has 8 nitrogen and oxygen atoms in total. The van der Waals surface area contributed by atoms with Crippen LogP contribution in [0.2, 0.25) is 0 Å². The van der Waals surface area contributed by atoms with Crippen molar-refractivity contribution >= 4 is 86.4 Å². The third-order valence-corrected chi connectivity index (χ3v) is 12.9. The Kier molecular flexibility index (Phi) is 8.12. The van der Waals surface area contributed by atoms with Crippen molar-refractivity contribution in [2.45, 2.75) is 35.1 Å². The van der Waals surface area contributed by atoms with E-state index in [-0.39, 0.29) is 44.1 Å². The van der Waals surface area contributed by atoms with Gasteiger partial charge in [0.1, 0.15) is 5.69 Å². The number of hydrogen-bond donors (Lipinski definition) is 1. The summed E-state index contributed by atoms with van der Waals surface area (Å²) >= 11 is 17.4. The van der Waals surface area contributed by atoms with Crippen LogP contribution >= 0.6 is 57.1 Å². The van der Waals surface area contributed by atoms with Crippen molar-refractivity contribution in [2.75, 3.05) is 12.0 Å². The number of fused-ring (bicyclic) bond motifs is 4. The lowest BCUT2D eigenvalue weighted by Crippen LogP contribution is -2.60. The van der Waals surface area contributed by atoms with Gasteiger partial charge in [-0.25, -0.2) is 26.9 Å². The molecule has 6 atom stereocenters. The highest BCUT2D eigenvalue weighted by Gasteiger charge is 2.77. The van der Waals surface area contributed by atoms with Crippen LogP contribution in [0, 0.1) is 50.4 Å². The number of nitrogens with zero attached hydrogens (tertiary/aromatic N) is 2. The van der Waals surface area contributed by atoms with Crippen molar-refractivity contribution in [2.24, 2.45) is 17.8 Å². The molecule has 0 spiro atoms. The standard InChI is InChI=1S/C32H20Cl2F5IN2O6S/c1-48-17-8-11(7-16(40)26(17)43)19-13-4-5-14-18(28(45)41(27(14)44)10-12-3-2-6-49-12)15(13)9-31(33)29(46)42(30(47)32(19,31)34)25-23(38)21(36)20(35)22(37)24(25)39/h2-4,6-8,14-15,18-19,43H,5,9-10H2,1H3/t14-,15+,18-,19-,31+,32-/m0/s1. The number of halogens is 8. The van der Waals surface area contributed by atoms with E-state index in [0.29, 0.717) is 0 Å². The van der Waals surface area contributed by atoms with Gasteiger partial charge in [-0.2, -0.15) is 0 Å². The number of phenols is 1. The second kappa shape index (κ2) is 11.6. The molecule has 2 aliphatic carbocycles. The SMILES string of the molecule is COc1cc([C@H]2C3=CC[C@@H]4C(=O)N(Cc5cccs5)C(=O)[C@@H]4[C@@H]3C[C@@]3(Cl)C(=O)N(c4c(F)c(F)c(F)c(F)c4F)C(=O)[C@@]23Cl)cc(I)c1O. The first-order chi connectivity index (χ1) is 23.1. The Morgan fingerprint density at radius 2 is 1.63 bits per heavy atom. The molecule has 3 heterocycles. The summed E-state index contributed by atoms with van der Waals surface area (Å²) < 4.78 is 78.8. The monoisotopic (exact) mass is 852 g/mol. The Morgan fingerprint density at radius 3 is 2.24 bits per heavy atom. The largest absolute Gasteiger partial charge is 0.504 e. The minimum absolute atomic E-state index is 0.0105. The van der Waals surface area contributed by atoms with E-state index < -0.39 is 98.2 Å². The molecule has 3 fully saturated rings. The van der Waals surface area contributed by atoms with Crippen LogP contribution < -0.4 is 9.64 Å². The summed E-state index contributed by atoms with van der Waals surface area (Å²) in [5.41, 5.74) is -1.46. The van der Waals surface area contributed by atoms with Crippen molar-refractivity contribution in [3.05, 3.63) is 84.4 Å². The van der Waals surface area contributed by atoms with Gasteiger partial charge in [0.05, 0.1) is 29.1 Å². The van der Waals surface area contributed by atoms with Crippen molar-refractivity contribution in [1.29, 1.82) is 0 Å². The summed E-state index contributed by atoms with van der Waals surface area (Å²) in [4.78, 5) is 52.6. The number of ether oxygens (including phenoxy) is 1. The van der Waals surface area contributed by atoms with E-state index in [4.69, 9.17) is 27.9 Å². The molecule has 256 valence electrons. The quantitative estimate of drug-likeness (QED) is 0.0597. The predicted octanol–water partition coefficient (Wildman–Crippen LogP) is 6.53. The molecule has 1 aromatic heterocycles. The predicted molar refractivity (Wildman–Crippen MR) is 174 cm³/mol. The van der Waals surface area contributed by atoms with Gasteiger partial charge in [0.25, 0.3) is 11.8 Å². The molecule has 0 bridgehead atoms. The lowest BCUT2D eigenvalue weighted by molar-refractivity contribution is -0.141. The highest BCUT2D eigenvalue weighted by Crippen LogP contribution is 2.66. The first-order valence-electron chi connectivity index (χ1n) is 14.5. The van der Waals surface area contributed by atoms with Crippen LogP contribution in [0.15, 0.2) is 41.3 Å². The summed E-state index contributed by atoms with van der Waals surface area (Å²) in [6.07, 6.45) is 0.995. The molecule has 1 saturated carbocycles. The number of thiophene rings is 1. The number of alkyl halides is 2. The van der Waals surface area contributed by atoms with Crippen molar-refractivity contribution in [1.82, 2.24) is 4.90 Å². The molecule has 7 rings (SSSR count). The highest BCUT2D eigenvalue weighted by molar-refractivity contribution is 14.1. The summed E-state index contributed by atoms with van der Waals surface area (Å²) in [6, 6.07) is 6.19. The summed E-state index contributed by atoms with van der Waals surface area (Å²) in [6.45, 7) is -0.0158. The van der Waals surface area contributed by atoms with E-state index in [9.17, 15) is 37.5 Å². The highest BCUT2D eigenvalue weighted by atomic mass is 127. The minimum Gasteiger partial charge on any atom is -0.504 e. The molecular formula is C32H20Cl2F5IN2O6S. The van der Waals surface area contributed by atoms with E-state index in [1.54, 1.807) is 46.2 Å². The Morgan fingerprint density at radius 1 is 0.980 bits per heavy atom. The van der Waals surface area contributed by atoms with E-state index in [1.807, 2.05) is 0 Å². The van der Waals surface area contributed by atoms with Crippen LogP contribution in [0.5, 0.6) is 11.5 Å². The van der Waals surface area contributed by atoms with Crippen LogP contribution in [0.25, 0.3) is 0 Å². The van der Waals surface area contributed by atoms with Gasteiger partial charge in [-0.05, 0) is 70.5 Å². The molecule has 3 aromatic rings. The molecule has 2 saturated heterocycles. The number of methoxy groups -OCH3 is 1. The minimum atomic E-state index is -2.69. The molecular weight excluding hydrogens is 833 g/mol. The van der Waals surface area contributed by atoms with Crippen LogP contribution in [0.4, 0.5) is 27.6 Å². The van der Waals surface area contributed by atoms with E-state index in [0.717, 1.165) is 9.78 Å². The third kappa shape index (κ3) is 4.50. The van der Waals surface area contributed by atoms with Crippen LogP contribution in [0.1, 0.15) is 29.2 Å². The number of allylic oxidation sites excluding steroid dienone is 2. The number of imide groups is 2. The fraction of sp³-hybridized carbons (Fsp3) is 0.312. The van der Waals surface area contributed by atoms with Gasteiger partial charge in [0, 0.05) is 10.8 Å². The van der Waals surface area contributed by atoms with Crippen LogP contribution in [0.3, 0.4) is 0 Å². The maximum atomic E-state index is 15.2. The average Bonchev–Trinajstić information content (AvgIpc) is 3.72. The molecule has 0 unspecified atom stereocenters. The third-order valence-electron chi connectivity index (χ3n) is 9.81. The molecule has 1 N–H and O–H groups in total. The topological polar surface area (TPSA) is 104 Å². The zero-order valence-corrected chi connectivity index (χ0v) is 29.2. The molecule has 2 aliphatic heterocycles. The zero-order valence-electron chi connectivity index (χ0n) is 24.7. The van der Waals surface area contributed by atoms with Crippen LogP contribution in [-0.4, -0.2) is 50.5 Å². The lowest BCUT2D eigenvalue weighted by Gasteiger charge is -2.50. The van der Waals surface area contributed by atoms with Crippen LogP contribution in [-0.2, 0) is 25.7 Å². The number of benzene rings is 2. The Labute approximate surface area is 301 Å². The maximum absolute atomic E-state index is 15.2. The summed E-state index contributed by atoms with van der Waals surface area (Å²) in [7, 11) is 1.24. The number of anilines is 1. The maximum Gasteiger partial charge on any atom is 0.258 e. The lowest BCUT2D eigenvalue weighted by atomic mass is 9.56. The summed E-state index contributed by atoms with van der Waals surface area (Å²) in [5.74, 6) is -21.4. The Hall–Kier alpha value is -3.28. The summed E-state index contributed by atoms with van der Waals surface area (Å²) in [5, 5.41) is 12.4. The van der Waals surface area contributed by atoms with Crippen molar-refractivity contribution < 1.29 is 51.0 Å². The number of aromatic hydroxyl groups is 1. The van der Waals surface area contributed by atoms with Gasteiger partial charge in [-0.3, -0.25) is 24.1 Å². The number of phenolic OH excluding ortho intramolecular Hbond substituents is 1. The first kappa shape index (κ1) is 34.2. The van der Waals surface area contributed by atoms with Gasteiger partial charge >= 0.3 is 0 Å². The number of carbonyl (C=O) groups is 4. The zero-order chi connectivity index (χ0) is 35.5. The average molecular weight is 853 g/mol. The van der Waals surface area contributed by atoms with Gasteiger partial charge in [-0.15, -0.1) is 34.5 Å². The number of amides is 4. The number of likely N-dealkylation sites (tertiary alicyclic amines) is 1. The Bertz CT molecular complexity index is 2020. The molecule has 2 aromatic carbocycles. The first-order valence-corrected chi connectivity index (χ1v) is 17.2. The fourth-order valence-corrected chi connectivity index (χ4v) is 9.89. The molecule has 17 heteroatoms. The molecule has 0 radical (unpaired) electrons. The molecule has 4 aliphatic rings. The van der Waals surface area contributed by atoms with Gasteiger partial charge < -0.3 is 9.84 Å². The van der Waals surface area contributed by atoms with E-state index >= 15 is 8.78 Å². The second-order valence-corrected chi connectivity index (χ2v) is 15.5. The van der Waals surface area contributed by atoms with Gasteiger partial charge in [-0.1, -0.05) is 17.7 Å². The number of rotatable bonds is 5. The van der Waals surface area contributed by atoms with Gasteiger partial charge in [0.15, 0.2) is 44.5 Å². The number of hydrogen-bond acceptors (Lipinski definition) is 7. The molecule has 4 amide bonds. The van der Waals surface area contributed by atoms with Crippen molar-refractivity contribution in [3.8, 4) is 11.5 Å². The molecule has 49 heavy (non-hydrogen) atoms. The fourth-order valence-electron chi connectivity index (χ4n) is 7.64. The second-order valence-electron chi connectivity index (χ2n) is 12.1. The normalized spacial score (nSPS) is 29.3. The van der Waals surface area contributed by atoms with Crippen molar-refractivity contribution in [3.63, 3.8) is 0 Å². The Balaban J connectivity index is 1.44.